The summed E-state index contributed by atoms with van der Waals surface area (Å²) in [4.78, 5) is 53.8. The molecule has 7 rings (SSSR count). The van der Waals surface area contributed by atoms with E-state index in [0.717, 1.165) is 55.7 Å². The lowest BCUT2D eigenvalue weighted by molar-refractivity contribution is -0.142. The standard InChI is InChI=1S/C37H43ClF3N7O4/c1-45-12-6-23(7-13-45)24-8-14-46(15-9-24)34(49)31(20-22-18-27(37(39,40)41)32(42)28(38)19-22)52-36(51)47-16-10-25(11-17-47)48-30-21-43-29-5-3-2-4-26(29)33(30)44-35(48)50/h2-5,18-19,21,23-25,31H,6-17,20,42H2,1H3,(H,44,50)/t31-/m1/s1. The van der Waals surface area contributed by atoms with Gasteiger partial charge in [0, 0.05) is 44.0 Å². The second kappa shape index (κ2) is 14.6. The largest absolute Gasteiger partial charge is 0.436 e. The zero-order valence-corrected chi connectivity index (χ0v) is 29.8. The number of ether oxygens (including phenoxy) is 1. The number of hydrogen-bond donors (Lipinski definition) is 2. The number of fused-ring (bicyclic) bond motifs is 3. The smallest absolute Gasteiger partial charge is 0.418 e. The molecular formula is C37H43ClF3N7O4. The average molecular weight is 742 g/mol. The lowest BCUT2D eigenvalue weighted by Crippen LogP contribution is -2.49. The molecule has 3 aliphatic heterocycles. The highest BCUT2D eigenvalue weighted by atomic mass is 35.5. The number of imidazole rings is 1. The second-order valence-electron chi connectivity index (χ2n) is 14.5. The minimum absolute atomic E-state index is 0.0810. The van der Waals surface area contributed by atoms with Crippen molar-refractivity contribution in [3.05, 3.63) is 69.2 Å². The SMILES string of the molecule is CN1CCC(C2CCN(C(=O)[C@@H](Cc3cc(Cl)c(N)c(C(F)(F)F)c3)OC(=O)N3CCC(n4c(=O)[nH]c5c6ccccc6ncc54)CC3)CC2)CC1. The van der Waals surface area contributed by atoms with Gasteiger partial charge in [-0.3, -0.25) is 14.3 Å². The number of anilines is 1. The van der Waals surface area contributed by atoms with Crippen LogP contribution < -0.4 is 11.4 Å². The van der Waals surface area contributed by atoms with Crippen LogP contribution in [0.15, 0.2) is 47.4 Å². The molecule has 3 aliphatic rings. The first-order valence-corrected chi connectivity index (χ1v) is 18.3. The number of carbonyl (C=O) groups excluding carboxylic acids is 2. The number of nitrogens with one attached hydrogen (secondary N) is 1. The molecule has 0 radical (unpaired) electrons. The molecule has 278 valence electrons. The highest BCUT2D eigenvalue weighted by Crippen LogP contribution is 2.39. The van der Waals surface area contributed by atoms with E-state index in [1.54, 1.807) is 15.7 Å². The predicted octanol–water partition coefficient (Wildman–Crippen LogP) is 6.10. The molecule has 15 heteroatoms. The maximum absolute atomic E-state index is 14.0. The summed E-state index contributed by atoms with van der Waals surface area (Å²) in [6, 6.07) is 9.49. The number of alkyl halides is 3. The molecule has 52 heavy (non-hydrogen) atoms. The van der Waals surface area contributed by atoms with Crippen molar-refractivity contribution in [1.82, 2.24) is 29.2 Å². The van der Waals surface area contributed by atoms with Crippen LogP contribution in [0.5, 0.6) is 0 Å². The fourth-order valence-corrected chi connectivity index (χ4v) is 8.54. The summed E-state index contributed by atoms with van der Waals surface area (Å²) in [5, 5.41) is 0.544. The van der Waals surface area contributed by atoms with Crippen LogP contribution in [0.4, 0.5) is 23.7 Å². The number of halogens is 4. The van der Waals surface area contributed by atoms with Crippen molar-refractivity contribution in [2.24, 2.45) is 11.8 Å². The molecule has 3 fully saturated rings. The molecule has 2 aromatic heterocycles. The van der Waals surface area contributed by atoms with Crippen LogP contribution in [0, 0.1) is 11.8 Å². The van der Waals surface area contributed by atoms with Crippen LogP contribution in [0.3, 0.4) is 0 Å². The van der Waals surface area contributed by atoms with Gasteiger partial charge >= 0.3 is 18.0 Å². The third-order valence-electron chi connectivity index (χ3n) is 11.3. The zero-order valence-electron chi connectivity index (χ0n) is 29.0. The molecular weight excluding hydrogens is 699 g/mol. The molecule has 2 amide bonds. The number of nitrogen functional groups attached to an aromatic ring is 1. The summed E-state index contributed by atoms with van der Waals surface area (Å²) in [7, 11) is 2.12. The Morgan fingerprint density at radius 3 is 2.29 bits per heavy atom. The first kappa shape index (κ1) is 36.1. The number of para-hydroxylation sites is 1. The molecule has 3 saturated heterocycles. The number of nitrogens with zero attached hydrogens (tertiary/aromatic N) is 5. The molecule has 0 spiro atoms. The Labute approximate surface area is 303 Å². The summed E-state index contributed by atoms with van der Waals surface area (Å²) in [6.45, 7) is 3.56. The quantitative estimate of drug-likeness (QED) is 0.229. The summed E-state index contributed by atoms with van der Waals surface area (Å²) >= 11 is 6.13. The number of likely N-dealkylation sites (tertiary alicyclic amines) is 3. The molecule has 3 N–H and O–H groups in total. The van der Waals surface area contributed by atoms with E-state index in [9.17, 15) is 27.6 Å². The van der Waals surface area contributed by atoms with Gasteiger partial charge in [0.15, 0.2) is 6.10 Å². The topological polar surface area (TPSA) is 130 Å². The number of piperidine rings is 3. The molecule has 1 atom stereocenters. The van der Waals surface area contributed by atoms with E-state index in [2.05, 4.69) is 21.9 Å². The fraction of sp³-hybridized carbons (Fsp3) is 0.514. The molecule has 0 saturated carbocycles. The minimum atomic E-state index is -4.77. The van der Waals surface area contributed by atoms with E-state index in [0.29, 0.717) is 48.8 Å². The summed E-state index contributed by atoms with van der Waals surface area (Å²) < 4.78 is 49.1. The molecule has 0 unspecified atom stereocenters. The summed E-state index contributed by atoms with van der Waals surface area (Å²) in [5.74, 6) is 0.638. The van der Waals surface area contributed by atoms with E-state index >= 15 is 0 Å². The molecule has 2 aromatic carbocycles. The van der Waals surface area contributed by atoms with E-state index in [1.165, 1.54) is 11.0 Å². The van der Waals surface area contributed by atoms with E-state index in [1.807, 2.05) is 24.3 Å². The highest BCUT2D eigenvalue weighted by Gasteiger charge is 2.38. The number of amides is 2. The van der Waals surface area contributed by atoms with Gasteiger partial charge in [0.1, 0.15) is 0 Å². The predicted molar refractivity (Wildman–Crippen MR) is 192 cm³/mol. The first-order chi connectivity index (χ1) is 24.9. The van der Waals surface area contributed by atoms with E-state index in [4.69, 9.17) is 22.1 Å². The van der Waals surface area contributed by atoms with Gasteiger partial charge in [-0.2, -0.15) is 13.2 Å². The number of rotatable bonds is 6. The van der Waals surface area contributed by atoms with Crippen LogP contribution in [0.2, 0.25) is 5.02 Å². The number of carbonyl (C=O) groups is 2. The van der Waals surface area contributed by atoms with Gasteiger partial charge in [0.25, 0.3) is 5.91 Å². The molecule has 0 aliphatic carbocycles. The Morgan fingerprint density at radius 1 is 0.981 bits per heavy atom. The van der Waals surface area contributed by atoms with Crippen LogP contribution in [-0.4, -0.2) is 93.7 Å². The number of pyridine rings is 1. The number of aromatic amines is 1. The Morgan fingerprint density at radius 2 is 1.62 bits per heavy atom. The van der Waals surface area contributed by atoms with Crippen molar-refractivity contribution >= 4 is 51.2 Å². The highest BCUT2D eigenvalue weighted by molar-refractivity contribution is 6.33. The van der Waals surface area contributed by atoms with Crippen LogP contribution in [0.1, 0.15) is 55.7 Å². The van der Waals surface area contributed by atoms with Crippen molar-refractivity contribution in [2.45, 2.75) is 63.3 Å². The lowest BCUT2D eigenvalue weighted by Gasteiger charge is -2.40. The number of nitrogens with two attached hydrogens (primary N) is 1. The zero-order chi connectivity index (χ0) is 36.7. The Bertz CT molecular complexity index is 2010. The number of benzene rings is 2. The number of H-pyrrole nitrogens is 1. The van der Waals surface area contributed by atoms with Crippen molar-refractivity contribution in [1.29, 1.82) is 0 Å². The van der Waals surface area contributed by atoms with Crippen molar-refractivity contribution in [2.75, 3.05) is 52.0 Å². The maximum atomic E-state index is 14.0. The number of hydrogen-bond acceptors (Lipinski definition) is 7. The molecule has 4 aromatic rings. The third kappa shape index (κ3) is 7.32. The normalized spacial score (nSPS) is 19.4. The minimum Gasteiger partial charge on any atom is -0.436 e. The van der Waals surface area contributed by atoms with Gasteiger partial charge in [0.2, 0.25) is 0 Å². The molecule has 0 bridgehead atoms. The Kier molecular flexibility index (Phi) is 10.1. The third-order valence-corrected chi connectivity index (χ3v) is 11.6. The molecule has 11 nitrogen and oxygen atoms in total. The summed E-state index contributed by atoms with van der Waals surface area (Å²) in [6.07, 6.45) is -0.742. The monoisotopic (exact) mass is 741 g/mol. The first-order valence-electron chi connectivity index (χ1n) is 17.9. The van der Waals surface area contributed by atoms with Crippen LogP contribution >= 0.6 is 11.6 Å². The molecule has 5 heterocycles. The Hall–Kier alpha value is -4.30. The van der Waals surface area contributed by atoms with Gasteiger partial charge in [-0.25, -0.2) is 9.59 Å². The van der Waals surface area contributed by atoms with E-state index in [-0.39, 0.29) is 41.8 Å². The van der Waals surface area contributed by atoms with Crippen molar-refractivity contribution < 1.29 is 27.5 Å². The van der Waals surface area contributed by atoms with E-state index < -0.39 is 35.5 Å². The van der Waals surface area contributed by atoms with Crippen molar-refractivity contribution in [3.8, 4) is 0 Å². The van der Waals surface area contributed by atoms with Gasteiger partial charge in [0.05, 0.1) is 39.0 Å². The second-order valence-corrected chi connectivity index (χ2v) is 14.9. The average Bonchev–Trinajstić information content (AvgIpc) is 3.48. The van der Waals surface area contributed by atoms with Gasteiger partial charge in [-0.05, 0) is 94.3 Å². The Balaban J connectivity index is 1.06. The maximum Gasteiger partial charge on any atom is 0.418 e. The van der Waals surface area contributed by atoms with Gasteiger partial charge < -0.3 is 30.2 Å². The summed E-state index contributed by atoms with van der Waals surface area (Å²) in [5.41, 5.74) is 5.92. The van der Waals surface area contributed by atoms with Gasteiger partial charge in [-0.15, -0.1) is 0 Å². The van der Waals surface area contributed by atoms with Crippen molar-refractivity contribution in [3.63, 3.8) is 0 Å². The van der Waals surface area contributed by atoms with Crippen LogP contribution in [0.25, 0.3) is 21.9 Å². The van der Waals surface area contributed by atoms with Gasteiger partial charge in [-0.1, -0.05) is 29.8 Å². The number of aromatic nitrogens is 3. The van der Waals surface area contributed by atoms with Crippen LogP contribution in [-0.2, 0) is 22.1 Å². The fourth-order valence-electron chi connectivity index (χ4n) is 8.30. The lowest BCUT2D eigenvalue weighted by atomic mass is 9.79.